The largest absolute Gasteiger partial charge is 0.365 e. The van der Waals surface area contributed by atoms with E-state index in [-0.39, 0.29) is 6.04 Å². The Bertz CT molecular complexity index is 499. The molecule has 0 spiro atoms. The van der Waals surface area contributed by atoms with Gasteiger partial charge in [-0.3, -0.25) is 10.1 Å². The van der Waals surface area contributed by atoms with Crippen LogP contribution in [0.2, 0.25) is 0 Å². The fraction of sp³-hybridized carbons (Fsp3) is 0.300. The quantitative estimate of drug-likeness (QED) is 0.568. The van der Waals surface area contributed by atoms with E-state index in [1.165, 1.54) is 0 Å². The first-order valence-electron chi connectivity index (χ1n) is 5.42. The van der Waals surface area contributed by atoms with Crippen LogP contribution in [0.4, 0.5) is 11.8 Å². The van der Waals surface area contributed by atoms with Crippen molar-refractivity contribution in [2.45, 2.75) is 19.5 Å². The van der Waals surface area contributed by atoms with Gasteiger partial charge < -0.3 is 5.32 Å². The minimum absolute atomic E-state index is 0.168. The topological polar surface area (TPSA) is 93.7 Å². The van der Waals surface area contributed by atoms with Crippen LogP contribution in [0.15, 0.2) is 29.1 Å². The zero-order valence-electron chi connectivity index (χ0n) is 9.84. The molecule has 0 fully saturated rings. The predicted molar refractivity (Wildman–Crippen MR) is 72.9 cm³/mol. The number of hydrogen-bond donors (Lipinski definition) is 3. The van der Waals surface area contributed by atoms with E-state index in [0.717, 1.165) is 11.0 Å². The number of anilines is 2. The smallest absolute Gasteiger partial charge is 0.239 e. The van der Waals surface area contributed by atoms with Gasteiger partial charge in [0, 0.05) is 24.6 Å². The summed E-state index contributed by atoms with van der Waals surface area (Å²) in [5, 5.41) is 7.42. The van der Waals surface area contributed by atoms with Gasteiger partial charge in [-0.05, 0) is 28.9 Å². The van der Waals surface area contributed by atoms with Gasteiger partial charge in [0.15, 0.2) is 0 Å². The summed E-state index contributed by atoms with van der Waals surface area (Å²) in [5.74, 6) is 6.34. The molecule has 2 heterocycles. The number of halogens is 1. The van der Waals surface area contributed by atoms with E-state index in [1.807, 2.05) is 23.9 Å². The molecule has 4 N–H and O–H groups in total. The molecule has 0 saturated heterocycles. The molecule has 2 rings (SSSR count). The molecule has 0 aliphatic rings. The first-order chi connectivity index (χ1) is 8.69. The molecule has 7 nitrogen and oxygen atoms in total. The van der Waals surface area contributed by atoms with E-state index in [9.17, 15) is 0 Å². The molecular formula is C10H14BrN7. The highest BCUT2D eigenvalue weighted by atomic mass is 79.9. The van der Waals surface area contributed by atoms with Gasteiger partial charge in [0.1, 0.15) is 5.82 Å². The van der Waals surface area contributed by atoms with Crippen LogP contribution in [0.1, 0.15) is 6.92 Å². The number of hydrazine groups is 1. The summed E-state index contributed by atoms with van der Waals surface area (Å²) in [5.41, 5.74) is 2.41. The van der Waals surface area contributed by atoms with Crippen molar-refractivity contribution in [3.8, 4) is 0 Å². The molecule has 0 saturated carbocycles. The second-order valence-electron chi connectivity index (χ2n) is 3.81. The molecule has 18 heavy (non-hydrogen) atoms. The van der Waals surface area contributed by atoms with E-state index in [0.29, 0.717) is 11.8 Å². The van der Waals surface area contributed by atoms with Gasteiger partial charge in [0.05, 0.1) is 11.0 Å². The number of rotatable bonds is 5. The van der Waals surface area contributed by atoms with Crippen molar-refractivity contribution in [1.82, 2.24) is 19.7 Å². The van der Waals surface area contributed by atoms with Crippen LogP contribution in [0, 0.1) is 0 Å². The molecule has 0 aliphatic heterocycles. The summed E-state index contributed by atoms with van der Waals surface area (Å²) in [7, 11) is 0. The Balaban J connectivity index is 2.04. The molecule has 1 atom stereocenters. The molecule has 1 unspecified atom stereocenters. The van der Waals surface area contributed by atoms with Crippen LogP contribution >= 0.6 is 15.9 Å². The highest BCUT2D eigenvalue weighted by Crippen LogP contribution is 2.20. The average Bonchev–Trinajstić information content (AvgIpc) is 2.84. The lowest BCUT2D eigenvalue weighted by molar-refractivity contribution is 0.559. The maximum Gasteiger partial charge on any atom is 0.239 e. The molecular weight excluding hydrogens is 298 g/mol. The third-order valence-corrected chi connectivity index (χ3v) is 2.86. The Morgan fingerprint density at radius 2 is 2.39 bits per heavy atom. The maximum atomic E-state index is 5.28. The molecule has 0 bridgehead atoms. The first-order valence-corrected chi connectivity index (χ1v) is 6.21. The highest BCUT2D eigenvalue weighted by molar-refractivity contribution is 9.10. The van der Waals surface area contributed by atoms with Crippen LogP contribution in [0.5, 0.6) is 0 Å². The second kappa shape index (κ2) is 5.78. The van der Waals surface area contributed by atoms with Crippen molar-refractivity contribution in [3.63, 3.8) is 0 Å². The van der Waals surface area contributed by atoms with Crippen molar-refractivity contribution < 1.29 is 0 Å². The lowest BCUT2D eigenvalue weighted by Gasteiger charge is -2.15. The Morgan fingerprint density at radius 1 is 1.56 bits per heavy atom. The summed E-state index contributed by atoms with van der Waals surface area (Å²) in [6.07, 6.45) is 5.31. The fourth-order valence-electron chi connectivity index (χ4n) is 1.51. The first kappa shape index (κ1) is 12.8. The van der Waals surface area contributed by atoms with Gasteiger partial charge in [-0.15, -0.1) is 0 Å². The molecule has 0 amide bonds. The lowest BCUT2D eigenvalue weighted by atomic mass is 10.3. The van der Waals surface area contributed by atoms with E-state index in [1.54, 1.807) is 12.4 Å². The normalized spacial score (nSPS) is 12.2. The Morgan fingerprint density at radius 3 is 3.06 bits per heavy atom. The number of aromatic nitrogens is 4. The minimum Gasteiger partial charge on any atom is -0.365 e. The molecule has 0 aliphatic carbocycles. The Labute approximate surface area is 113 Å². The van der Waals surface area contributed by atoms with Gasteiger partial charge in [0.25, 0.3) is 0 Å². The number of nitrogens with two attached hydrogens (primary N) is 1. The van der Waals surface area contributed by atoms with Crippen molar-refractivity contribution in [2.24, 2.45) is 5.84 Å². The Hall–Kier alpha value is -1.67. The van der Waals surface area contributed by atoms with E-state index in [2.05, 4.69) is 41.7 Å². The number of hydrogen-bond acceptors (Lipinski definition) is 6. The van der Waals surface area contributed by atoms with Gasteiger partial charge in [-0.1, -0.05) is 0 Å². The van der Waals surface area contributed by atoms with Gasteiger partial charge in [-0.25, -0.2) is 10.8 Å². The number of nitrogens with zero attached hydrogens (tertiary/aromatic N) is 4. The van der Waals surface area contributed by atoms with Crippen molar-refractivity contribution in [1.29, 1.82) is 0 Å². The summed E-state index contributed by atoms with van der Waals surface area (Å²) >= 11 is 3.39. The second-order valence-corrected chi connectivity index (χ2v) is 4.66. The molecule has 96 valence electrons. The third kappa shape index (κ3) is 3.17. The minimum atomic E-state index is 0.168. The Kier molecular flexibility index (Phi) is 4.11. The van der Waals surface area contributed by atoms with Crippen LogP contribution in [0.3, 0.4) is 0 Å². The average molecular weight is 312 g/mol. The lowest BCUT2D eigenvalue weighted by Crippen LogP contribution is -2.23. The molecule has 2 aromatic heterocycles. The zero-order valence-corrected chi connectivity index (χ0v) is 11.4. The predicted octanol–water partition coefficient (Wildman–Crippen LogP) is 1.22. The highest BCUT2D eigenvalue weighted by Gasteiger charge is 2.09. The zero-order chi connectivity index (χ0) is 13.0. The summed E-state index contributed by atoms with van der Waals surface area (Å²) < 4.78 is 2.64. The number of nitrogen functional groups attached to an aromatic ring is 1. The van der Waals surface area contributed by atoms with Crippen LogP contribution in [-0.2, 0) is 6.54 Å². The third-order valence-electron chi connectivity index (χ3n) is 2.28. The SMILES string of the molecule is CC(Cn1cccn1)Nc1nc(NN)ncc1Br. The van der Waals surface area contributed by atoms with E-state index in [4.69, 9.17) is 5.84 Å². The monoisotopic (exact) mass is 311 g/mol. The van der Waals surface area contributed by atoms with Gasteiger partial charge >= 0.3 is 0 Å². The van der Waals surface area contributed by atoms with Crippen molar-refractivity contribution in [3.05, 3.63) is 29.1 Å². The molecule has 8 heteroatoms. The van der Waals surface area contributed by atoms with Crippen LogP contribution in [0.25, 0.3) is 0 Å². The van der Waals surface area contributed by atoms with Crippen molar-refractivity contribution >= 4 is 27.7 Å². The van der Waals surface area contributed by atoms with Crippen molar-refractivity contribution in [2.75, 3.05) is 10.7 Å². The summed E-state index contributed by atoms with van der Waals surface area (Å²) in [4.78, 5) is 8.21. The molecule has 2 aromatic rings. The standard InChI is InChI=1S/C10H14BrN7/c1-7(6-18-4-2-3-14-18)15-9-8(11)5-13-10(16-9)17-12/h2-5,7H,6,12H2,1H3,(H2,13,15,16,17). The van der Waals surface area contributed by atoms with E-state index >= 15 is 0 Å². The van der Waals surface area contributed by atoms with Gasteiger partial charge in [0.2, 0.25) is 5.95 Å². The maximum absolute atomic E-state index is 5.28. The molecule has 0 radical (unpaired) electrons. The summed E-state index contributed by atoms with van der Waals surface area (Å²) in [6, 6.07) is 2.06. The van der Waals surface area contributed by atoms with Crippen LogP contribution < -0.4 is 16.6 Å². The molecule has 0 aromatic carbocycles. The summed E-state index contributed by atoms with van der Waals surface area (Å²) in [6.45, 7) is 2.79. The number of nitrogens with one attached hydrogen (secondary N) is 2. The van der Waals surface area contributed by atoms with E-state index < -0.39 is 0 Å². The fourth-order valence-corrected chi connectivity index (χ4v) is 1.81. The van der Waals surface area contributed by atoms with Gasteiger partial charge in [-0.2, -0.15) is 10.1 Å². The van der Waals surface area contributed by atoms with Crippen LogP contribution in [-0.4, -0.2) is 25.8 Å².